The summed E-state index contributed by atoms with van der Waals surface area (Å²) in [5.41, 5.74) is 2.75. The number of carbonyl (C=O) groups excluding carboxylic acids is 2. The molecule has 2 heterocycles. The normalized spacial score (nSPS) is 14.4. The van der Waals surface area contributed by atoms with Crippen LogP contribution in [0.1, 0.15) is 39.8 Å². The number of aryl methyl sites for hydroxylation is 1. The van der Waals surface area contributed by atoms with Gasteiger partial charge < -0.3 is 9.80 Å². The van der Waals surface area contributed by atoms with E-state index in [1.54, 1.807) is 20.7 Å². The van der Waals surface area contributed by atoms with Crippen LogP contribution in [0.15, 0.2) is 54.7 Å². The van der Waals surface area contributed by atoms with E-state index in [0.717, 1.165) is 17.7 Å². The molecule has 31 heavy (non-hydrogen) atoms. The van der Waals surface area contributed by atoms with Gasteiger partial charge in [0.05, 0.1) is 11.9 Å². The summed E-state index contributed by atoms with van der Waals surface area (Å²) >= 11 is 0. The lowest BCUT2D eigenvalue weighted by Gasteiger charge is -2.21. The Kier molecular flexibility index (Phi) is 6.06. The van der Waals surface area contributed by atoms with Gasteiger partial charge in [-0.15, -0.1) is 5.10 Å². The van der Waals surface area contributed by atoms with Gasteiger partial charge in [-0.25, -0.2) is 9.07 Å². The van der Waals surface area contributed by atoms with E-state index in [4.69, 9.17) is 0 Å². The zero-order chi connectivity index (χ0) is 21.8. The molecule has 7 nitrogen and oxygen atoms in total. The number of para-hydroxylation sites is 1. The van der Waals surface area contributed by atoms with Gasteiger partial charge in [-0.3, -0.25) is 9.59 Å². The highest BCUT2D eigenvalue weighted by molar-refractivity contribution is 5.94. The van der Waals surface area contributed by atoms with Crippen molar-refractivity contribution in [2.24, 2.45) is 0 Å². The molecule has 3 aromatic rings. The molecule has 8 heteroatoms. The van der Waals surface area contributed by atoms with E-state index in [1.165, 1.54) is 24.3 Å². The first-order valence-corrected chi connectivity index (χ1v) is 10.4. The van der Waals surface area contributed by atoms with Crippen molar-refractivity contribution in [1.82, 2.24) is 24.8 Å². The third kappa shape index (κ3) is 4.47. The summed E-state index contributed by atoms with van der Waals surface area (Å²) in [4.78, 5) is 29.1. The SMILES string of the molecule is CCc1ccccc1-n1cc(C(=O)N2CCCN(C(=O)c3ccc(F)cc3)CC2)nn1. The molecule has 2 amide bonds. The van der Waals surface area contributed by atoms with Crippen LogP contribution in [0.25, 0.3) is 5.69 Å². The van der Waals surface area contributed by atoms with Crippen molar-refractivity contribution >= 4 is 11.8 Å². The molecule has 0 bridgehead atoms. The Morgan fingerprint density at radius 1 is 0.935 bits per heavy atom. The molecule has 1 saturated heterocycles. The fourth-order valence-corrected chi connectivity index (χ4v) is 3.77. The quantitative estimate of drug-likeness (QED) is 0.649. The van der Waals surface area contributed by atoms with Crippen molar-refractivity contribution in [2.45, 2.75) is 19.8 Å². The molecule has 1 fully saturated rings. The number of halogens is 1. The molecular weight excluding hydrogens is 397 g/mol. The van der Waals surface area contributed by atoms with Crippen molar-refractivity contribution < 1.29 is 14.0 Å². The number of benzene rings is 2. The number of carbonyl (C=O) groups is 2. The van der Waals surface area contributed by atoms with Crippen molar-refractivity contribution in [1.29, 1.82) is 0 Å². The zero-order valence-electron chi connectivity index (χ0n) is 17.4. The van der Waals surface area contributed by atoms with E-state index in [1.807, 2.05) is 24.3 Å². The molecule has 160 valence electrons. The molecule has 0 saturated carbocycles. The van der Waals surface area contributed by atoms with Gasteiger partial charge in [-0.1, -0.05) is 30.3 Å². The number of hydrogen-bond donors (Lipinski definition) is 0. The van der Waals surface area contributed by atoms with Gasteiger partial charge in [0.1, 0.15) is 5.82 Å². The van der Waals surface area contributed by atoms with E-state index >= 15 is 0 Å². The van der Waals surface area contributed by atoms with E-state index in [9.17, 15) is 14.0 Å². The lowest BCUT2D eigenvalue weighted by atomic mass is 10.1. The van der Waals surface area contributed by atoms with Gasteiger partial charge in [-0.2, -0.15) is 0 Å². The highest BCUT2D eigenvalue weighted by Crippen LogP contribution is 2.16. The Morgan fingerprint density at radius 3 is 2.32 bits per heavy atom. The second-order valence-corrected chi connectivity index (χ2v) is 7.48. The van der Waals surface area contributed by atoms with Crippen molar-refractivity contribution in [2.75, 3.05) is 26.2 Å². The Bertz CT molecular complexity index is 1080. The van der Waals surface area contributed by atoms with Crippen LogP contribution in [-0.2, 0) is 6.42 Å². The number of aromatic nitrogens is 3. The summed E-state index contributed by atoms with van der Waals surface area (Å²) in [6.07, 6.45) is 3.16. The first kappa shape index (κ1) is 20.7. The maximum absolute atomic E-state index is 13.1. The minimum absolute atomic E-state index is 0.156. The predicted molar refractivity (Wildman–Crippen MR) is 114 cm³/mol. The minimum atomic E-state index is -0.376. The lowest BCUT2D eigenvalue weighted by molar-refractivity contribution is 0.0715. The number of nitrogens with zero attached hydrogens (tertiary/aromatic N) is 5. The van der Waals surface area contributed by atoms with Gasteiger partial charge in [0.2, 0.25) is 0 Å². The smallest absolute Gasteiger partial charge is 0.276 e. The van der Waals surface area contributed by atoms with Crippen molar-refractivity contribution in [3.63, 3.8) is 0 Å². The Hall–Kier alpha value is -3.55. The molecule has 2 aromatic carbocycles. The highest BCUT2D eigenvalue weighted by Gasteiger charge is 2.25. The zero-order valence-corrected chi connectivity index (χ0v) is 17.4. The summed E-state index contributed by atoms with van der Waals surface area (Å²) in [7, 11) is 0. The summed E-state index contributed by atoms with van der Waals surface area (Å²) in [6, 6.07) is 13.4. The van der Waals surface area contributed by atoms with Crippen LogP contribution in [0.2, 0.25) is 0 Å². The molecular formula is C23H24FN5O2. The van der Waals surface area contributed by atoms with Gasteiger partial charge >= 0.3 is 0 Å². The molecule has 1 aliphatic heterocycles. The molecule has 4 rings (SSSR count). The molecule has 0 aliphatic carbocycles. The van der Waals surface area contributed by atoms with Crippen LogP contribution in [0.5, 0.6) is 0 Å². The van der Waals surface area contributed by atoms with E-state index < -0.39 is 0 Å². The van der Waals surface area contributed by atoms with Crippen LogP contribution in [0.3, 0.4) is 0 Å². The molecule has 1 aromatic heterocycles. The average molecular weight is 421 g/mol. The molecule has 0 radical (unpaired) electrons. The highest BCUT2D eigenvalue weighted by atomic mass is 19.1. The average Bonchev–Trinajstić information content (AvgIpc) is 3.16. The van der Waals surface area contributed by atoms with Crippen LogP contribution in [0.4, 0.5) is 4.39 Å². The maximum Gasteiger partial charge on any atom is 0.276 e. The third-order valence-corrected chi connectivity index (χ3v) is 5.49. The molecule has 0 atom stereocenters. The second kappa shape index (κ2) is 9.07. The first-order chi connectivity index (χ1) is 15.1. The summed E-state index contributed by atoms with van der Waals surface area (Å²) in [5, 5.41) is 8.24. The van der Waals surface area contributed by atoms with Crippen LogP contribution in [0, 0.1) is 5.82 Å². The molecule has 1 aliphatic rings. The van der Waals surface area contributed by atoms with Crippen LogP contribution < -0.4 is 0 Å². The summed E-state index contributed by atoms with van der Waals surface area (Å²) < 4.78 is 14.8. The fraction of sp³-hybridized carbons (Fsp3) is 0.304. The Morgan fingerprint density at radius 2 is 1.61 bits per heavy atom. The predicted octanol–water partition coefficient (Wildman–Crippen LogP) is 2.96. The summed E-state index contributed by atoms with van der Waals surface area (Å²) in [6.45, 7) is 3.96. The maximum atomic E-state index is 13.1. The number of amides is 2. The lowest BCUT2D eigenvalue weighted by Crippen LogP contribution is -2.37. The fourth-order valence-electron chi connectivity index (χ4n) is 3.77. The Labute approximate surface area is 180 Å². The third-order valence-electron chi connectivity index (χ3n) is 5.49. The largest absolute Gasteiger partial charge is 0.337 e. The number of rotatable bonds is 4. The monoisotopic (exact) mass is 421 g/mol. The molecule has 0 unspecified atom stereocenters. The van der Waals surface area contributed by atoms with E-state index in [0.29, 0.717) is 38.2 Å². The van der Waals surface area contributed by atoms with Crippen molar-refractivity contribution in [3.8, 4) is 5.69 Å². The topological polar surface area (TPSA) is 71.3 Å². The van der Waals surface area contributed by atoms with E-state index in [2.05, 4.69) is 17.2 Å². The standard InChI is InChI=1S/C23H24FN5O2/c1-2-17-6-3-4-7-21(17)29-16-20(25-26-29)23(31)28-13-5-12-27(14-15-28)22(30)18-8-10-19(24)11-9-18/h3-4,6-11,16H,2,5,12-15H2,1H3. The van der Waals surface area contributed by atoms with Crippen LogP contribution in [-0.4, -0.2) is 62.8 Å². The second-order valence-electron chi connectivity index (χ2n) is 7.48. The van der Waals surface area contributed by atoms with E-state index in [-0.39, 0.29) is 23.3 Å². The Balaban J connectivity index is 1.44. The van der Waals surface area contributed by atoms with Crippen molar-refractivity contribution in [3.05, 3.63) is 77.4 Å². The number of hydrogen-bond acceptors (Lipinski definition) is 4. The van der Waals surface area contributed by atoms with Gasteiger partial charge in [0, 0.05) is 31.7 Å². The van der Waals surface area contributed by atoms with Crippen LogP contribution >= 0.6 is 0 Å². The van der Waals surface area contributed by atoms with Gasteiger partial charge in [0.25, 0.3) is 11.8 Å². The van der Waals surface area contributed by atoms with Gasteiger partial charge in [-0.05, 0) is 48.7 Å². The minimum Gasteiger partial charge on any atom is -0.337 e. The summed E-state index contributed by atoms with van der Waals surface area (Å²) in [5.74, 6) is -0.730. The first-order valence-electron chi connectivity index (χ1n) is 10.4. The molecule has 0 N–H and O–H groups in total. The van der Waals surface area contributed by atoms with Gasteiger partial charge in [0.15, 0.2) is 5.69 Å². The molecule has 0 spiro atoms.